The van der Waals surface area contributed by atoms with E-state index in [1.54, 1.807) is 20.8 Å². The highest BCUT2D eigenvalue weighted by Crippen LogP contribution is 2.35. The maximum atomic E-state index is 13.2. The second kappa shape index (κ2) is 3.96. The van der Waals surface area contributed by atoms with Crippen molar-refractivity contribution in [3.8, 4) is 0 Å². The normalized spacial score (nSPS) is 30.6. The van der Waals surface area contributed by atoms with Gasteiger partial charge in [-0.05, 0) is 20.8 Å². The fraction of sp³-hybridized carbons (Fsp3) is 0.900. The van der Waals surface area contributed by atoms with Crippen LogP contribution in [0.3, 0.4) is 0 Å². The van der Waals surface area contributed by atoms with Crippen molar-refractivity contribution in [3.63, 3.8) is 0 Å². The van der Waals surface area contributed by atoms with Gasteiger partial charge in [0.05, 0.1) is 6.61 Å². The van der Waals surface area contributed by atoms with Gasteiger partial charge in [-0.1, -0.05) is 0 Å². The summed E-state index contributed by atoms with van der Waals surface area (Å²) in [7, 11) is 0. The Morgan fingerprint density at radius 1 is 1.60 bits per heavy atom. The summed E-state index contributed by atoms with van der Waals surface area (Å²) in [4.78, 5) is 11.2. The van der Waals surface area contributed by atoms with Crippen LogP contribution in [0.5, 0.6) is 0 Å². The number of amides is 1. The minimum Gasteiger partial charge on any atom is -0.444 e. The molecule has 4 nitrogen and oxygen atoms in total. The molecule has 88 valence electrons. The van der Waals surface area contributed by atoms with E-state index in [1.807, 2.05) is 0 Å². The maximum absolute atomic E-state index is 13.2. The Morgan fingerprint density at radius 3 is 2.53 bits per heavy atom. The van der Waals surface area contributed by atoms with Crippen molar-refractivity contribution >= 4 is 6.09 Å². The third-order valence-electron chi connectivity index (χ3n) is 2.23. The lowest BCUT2D eigenvalue weighted by Gasteiger charge is -2.40. The molecule has 1 rings (SSSR count). The Morgan fingerprint density at radius 2 is 2.13 bits per heavy atom. The molecule has 0 bridgehead atoms. The Kier molecular flexibility index (Phi) is 3.23. The summed E-state index contributed by atoms with van der Waals surface area (Å²) in [6, 6.07) is -0.225. The topological polar surface area (TPSA) is 58.6 Å². The van der Waals surface area contributed by atoms with Crippen molar-refractivity contribution in [2.75, 3.05) is 6.61 Å². The molecule has 1 aliphatic carbocycles. The number of ether oxygens (including phenoxy) is 1. The standard InChI is InChI=1S/C10H18FNO3/c1-9(2,3)15-8(14)12-7-4-10(11,5-7)6-13/h7,13H,4-6H2,1-3H3,(H,12,14). The lowest BCUT2D eigenvalue weighted by molar-refractivity contribution is -0.0253. The van der Waals surface area contributed by atoms with E-state index in [0.717, 1.165) is 0 Å². The number of aliphatic hydroxyl groups excluding tert-OH is 1. The second-order valence-corrected chi connectivity index (χ2v) is 5.06. The molecular weight excluding hydrogens is 201 g/mol. The number of nitrogens with one attached hydrogen (secondary N) is 1. The van der Waals surface area contributed by atoms with Gasteiger partial charge in [-0.15, -0.1) is 0 Å². The van der Waals surface area contributed by atoms with Crippen LogP contribution in [-0.4, -0.2) is 35.1 Å². The molecule has 0 spiro atoms. The van der Waals surface area contributed by atoms with E-state index in [2.05, 4.69) is 5.32 Å². The Bertz CT molecular complexity index is 244. The highest BCUT2D eigenvalue weighted by Gasteiger charge is 2.45. The van der Waals surface area contributed by atoms with Crippen LogP contribution in [0.1, 0.15) is 33.6 Å². The smallest absolute Gasteiger partial charge is 0.407 e. The minimum atomic E-state index is -1.51. The highest BCUT2D eigenvalue weighted by atomic mass is 19.1. The Balaban J connectivity index is 2.25. The van der Waals surface area contributed by atoms with Crippen LogP contribution in [0, 0.1) is 0 Å². The summed E-state index contributed by atoms with van der Waals surface area (Å²) < 4.78 is 18.2. The fourth-order valence-corrected chi connectivity index (χ4v) is 1.53. The summed E-state index contributed by atoms with van der Waals surface area (Å²) >= 11 is 0. The number of halogens is 1. The molecular formula is C10H18FNO3. The molecule has 1 fully saturated rings. The van der Waals surface area contributed by atoms with Gasteiger partial charge in [0.25, 0.3) is 0 Å². The van der Waals surface area contributed by atoms with E-state index in [0.29, 0.717) is 0 Å². The van der Waals surface area contributed by atoms with Gasteiger partial charge < -0.3 is 15.2 Å². The van der Waals surface area contributed by atoms with Gasteiger partial charge in [0.1, 0.15) is 11.3 Å². The van der Waals surface area contributed by atoms with Crippen molar-refractivity contribution in [2.24, 2.45) is 0 Å². The third kappa shape index (κ3) is 3.66. The summed E-state index contributed by atoms with van der Waals surface area (Å²) in [6.07, 6.45) is -0.224. The van der Waals surface area contributed by atoms with E-state index in [9.17, 15) is 9.18 Å². The van der Waals surface area contributed by atoms with Gasteiger partial charge in [-0.3, -0.25) is 0 Å². The second-order valence-electron chi connectivity index (χ2n) is 5.06. The molecule has 0 atom stereocenters. The molecule has 0 unspecified atom stereocenters. The average molecular weight is 219 g/mol. The molecule has 0 aromatic carbocycles. The molecule has 15 heavy (non-hydrogen) atoms. The average Bonchev–Trinajstić information content (AvgIpc) is 1.97. The van der Waals surface area contributed by atoms with Crippen molar-refractivity contribution in [1.29, 1.82) is 0 Å². The van der Waals surface area contributed by atoms with Crippen LogP contribution in [0.2, 0.25) is 0 Å². The van der Waals surface area contributed by atoms with Gasteiger partial charge in [0.15, 0.2) is 0 Å². The number of carbonyl (C=O) groups excluding carboxylic acids is 1. The van der Waals surface area contributed by atoms with Crippen LogP contribution < -0.4 is 5.32 Å². The van der Waals surface area contributed by atoms with Gasteiger partial charge >= 0.3 is 6.09 Å². The van der Waals surface area contributed by atoms with Crippen LogP contribution in [0.15, 0.2) is 0 Å². The SMILES string of the molecule is CC(C)(C)OC(=O)NC1CC(F)(CO)C1. The fourth-order valence-electron chi connectivity index (χ4n) is 1.53. The minimum absolute atomic E-state index is 0.155. The molecule has 1 saturated carbocycles. The number of rotatable bonds is 2. The van der Waals surface area contributed by atoms with Crippen LogP contribution >= 0.6 is 0 Å². The molecule has 0 saturated heterocycles. The number of alkyl halides is 1. The molecule has 0 aliphatic heterocycles. The first-order valence-electron chi connectivity index (χ1n) is 5.03. The molecule has 0 heterocycles. The quantitative estimate of drug-likeness (QED) is 0.737. The monoisotopic (exact) mass is 219 g/mol. The van der Waals surface area contributed by atoms with Crippen LogP contribution in [-0.2, 0) is 4.74 Å². The summed E-state index contributed by atoms with van der Waals surface area (Å²) in [6.45, 7) is 4.81. The number of alkyl carbamates (subject to hydrolysis) is 1. The summed E-state index contributed by atoms with van der Waals surface area (Å²) in [5, 5.41) is 11.2. The van der Waals surface area contributed by atoms with Crippen molar-refractivity contribution in [2.45, 2.75) is 50.9 Å². The predicted octanol–water partition coefficient (Wildman–Crippen LogP) is 1.37. The number of hydrogen-bond acceptors (Lipinski definition) is 3. The zero-order valence-electron chi connectivity index (χ0n) is 9.34. The van der Waals surface area contributed by atoms with E-state index in [1.165, 1.54) is 0 Å². The maximum Gasteiger partial charge on any atom is 0.407 e. The molecule has 1 aliphatic rings. The molecule has 5 heteroatoms. The number of aliphatic hydroxyl groups is 1. The largest absolute Gasteiger partial charge is 0.444 e. The Hall–Kier alpha value is -0.840. The molecule has 2 N–H and O–H groups in total. The summed E-state index contributed by atoms with van der Waals surface area (Å²) in [5.74, 6) is 0. The van der Waals surface area contributed by atoms with Crippen molar-refractivity contribution in [3.05, 3.63) is 0 Å². The van der Waals surface area contributed by atoms with E-state index >= 15 is 0 Å². The number of carbonyl (C=O) groups is 1. The zero-order valence-corrected chi connectivity index (χ0v) is 9.34. The van der Waals surface area contributed by atoms with Crippen molar-refractivity contribution < 1.29 is 19.0 Å². The van der Waals surface area contributed by atoms with E-state index < -0.39 is 24.0 Å². The van der Waals surface area contributed by atoms with Crippen molar-refractivity contribution in [1.82, 2.24) is 5.32 Å². The molecule has 1 amide bonds. The first-order valence-corrected chi connectivity index (χ1v) is 5.03. The molecule has 0 aromatic rings. The lowest BCUT2D eigenvalue weighted by Crippen LogP contribution is -2.55. The first kappa shape index (κ1) is 12.2. The first-order chi connectivity index (χ1) is 6.74. The van der Waals surface area contributed by atoms with E-state index in [4.69, 9.17) is 9.84 Å². The van der Waals surface area contributed by atoms with Crippen LogP contribution in [0.25, 0.3) is 0 Å². The molecule has 0 radical (unpaired) electrons. The number of hydrogen-bond donors (Lipinski definition) is 2. The van der Waals surface area contributed by atoms with Gasteiger partial charge in [-0.2, -0.15) is 0 Å². The van der Waals surface area contributed by atoms with Gasteiger partial charge in [0, 0.05) is 18.9 Å². The van der Waals surface area contributed by atoms with Gasteiger partial charge in [0.2, 0.25) is 0 Å². The van der Waals surface area contributed by atoms with Gasteiger partial charge in [-0.25, -0.2) is 9.18 Å². The lowest BCUT2D eigenvalue weighted by atomic mass is 9.78. The Labute approximate surface area is 88.8 Å². The molecule has 0 aromatic heterocycles. The van der Waals surface area contributed by atoms with E-state index in [-0.39, 0.29) is 18.9 Å². The summed E-state index contributed by atoms with van der Waals surface area (Å²) in [5.41, 5.74) is -2.06. The zero-order chi connectivity index (χ0) is 11.7. The van der Waals surface area contributed by atoms with Crippen LogP contribution in [0.4, 0.5) is 9.18 Å². The predicted molar refractivity (Wildman–Crippen MR) is 53.3 cm³/mol. The third-order valence-corrected chi connectivity index (χ3v) is 2.23. The highest BCUT2D eigenvalue weighted by molar-refractivity contribution is 5.68.